The summed E-state index contributed by atoms with van der Waals surface area (Å²) in [5, 5.41) is 9.05. The highest BCUT2D eigenvalue weighted by molar-refractivity contribution is 5.86. The Labute approximate surface area is 167 Å². The van der Waals surface area contributed by atoms with Gasteiger partial charge in [0.25, 0.3) is 0 Å². The van der Waals surface area contributed by atoms with E-state index in [-0.39, 0.29) is 18.6 Å². The van der Waals surface area contributed by atoms with Gasteiger partial charge in [-0.15, -0.1) is 0 Å². The highest BCUT2D eigenvalue weighted by Crippen LogP contribution is 2.12. The summed E-state index contributed by atoms with van der Waals surface area (Å²) < 4.78 is 16.3. The molecule has 1 aromatic carbocycles. The molecule has 1 atom stereocenters. The first-order valence-corrected chi connectivity index (χ1v) is 9.74. The van der Waals surface area contributed by atoms with Crippen LogP contribution in [0.5, 0.6) is 5.75 Å². The van der Waals surface area contributed by atoms with E-state index in [0.29, 0.717) is 25.7 Å². The topological polar surface area (TPSA) is 93.2 Å². The summed E-state index contributed by atoms with van der Waals surface area (Å²) in [6.45, 7) is 3.54. The minimum Gasteiger partial charge on any atom is -0.497 e. The van der Waals surface area contributed by atoms with Gasteiger partial charge in [-0.1, -0.05) is 12.1 Å². The molecule has 0 saturated carbocycles. The van der Waals surface area contributed by atoms with Crippen LogP contribution < -0.4 is 20.7 Å². The Morgan fingerprint density at radius 1 is 1.25 bits per heavy atom. The van der Waals surface area contributed by atoms with Crippen molar-refractivity contribution in [3.05, 3.63) is 29.8 Å². The lowest BCUT2D eigenvalue weighted by Gasteiger charge is -2.13. The van der Waals surface area contributed by atoms with Crippen molar-refractivity contribution in [1.29, 1.82) is 0 Å². The molecule has 0 spiro atoms. The Balaban J connectivity index is 1.52. The standard InChI is InChI=1S/C20H32N4O4/c1-21-20(22-10-4-11-27-15-18-5-3-12-28-18)24-14-19(25)23-13-16-6-8-17(26-2)9-7-16/h6-9,18H,3-5,10-15H2,1-2H3,(H,23,25)(H2,21,22,24). The third kappa shape index (κ3) is 8.58. The van der Waals surface area contributed by atoms with Crippen LogP contribution in [0.4, 0.5) is 0 Å². The summed E-state index contributed by atoms with van der Waals surface area (Å²) >= 11 is 0. The maximum Gasteiger partial charge on any atom is 0.239 e. The van der Waals surface area contributed by atoms with Gasteiger partial charge in [-0.25, -0.2) is 0 Å². The molecule has 0 aromatic heterocycles. The Kier molecular flexibility index (Phi) is 10.2. The van der Waals surface area contributed by atoms with Crippen molar-refractivity contribution >= 4 is 11.9 Å². The van der Waals surface area contributed by atoms with Gasteiger partial charge in [0.05, 0.1) is 26.4 Å². The largest absolute Gasteiger partial charge is 0.497 e. The van der Waals surface area contributed by atoms with Crippen LogP contribution in [-0.4, -0.2) is 65.0 Å². The van der Waals surface area contributed by atoms with Crippen LogP contribution in [0.25, 0.3) is 0 Å². The van der Waals surface area contributed by atoms with E-state index in [0.717, 1.165) is 43.7 Å². The lowest BCUT2D eigenvalue weighted by Crippen LogP contribution is -2.43. The lowest BCUT2D eigenvalue weighted by atomic mass is 10.2. The van der Waals surface area contributed by atoms with E-state index < -0.39 is 0 Å². The average molecular weight is 393 g/mol. The second-order valence-corrected chi connectivity index (χ2v) is 6.54. The number of benzene rings is 1. The molecule has 1 aliphatic rings. The minimum absolute atomic E-state index is 0.0985. The van der Waals surface area contributed by atoms with E-state index in [4.69, 9.17) is 14.2 Å². The van der Waals surface area contributed by atoms with Gasteiger partial charge in [0.1, 0.15) is 5.75 Å². The van der Waals surface area contributed by atoms with Gasteiger partial charge in [0.15, 0.2) is 5.96 Å². The lowest BCUT2D eigenvalue weighted by molar-refractivity contribution is -0.120. The third-order valence-electron chi connectivity index (χ3n) is 4.37. The fraction of sp³-hybridized carbons (Fsp3) is 0.600. The zero-order valence-electron chi connectivity index (χ0n) is 16.8. The van der Waals surface area contributed by atoms with Gasteiger partial charge in [0.2, 0.25) is 5.91 Å². The number of nitrogens with zero attached hydrogens (tertiary/aromatic N) is 1. The molecule has 1 aliphatic heterocycles. The molecule has 8 nitrogen and oxygen atoms in total. The van der Waals surface area contributed by atoms with E-state index in [2.05, 4.69) is 20.9 Å². The number of ether oxygens (including phenoxy) is 3. The molecule has 156 valence electrons. The molecule has 1 amide bonds. The summed E-state index contributed by atoms with van der Waals surface area (Å²) in [4.78, 5) is 16.1. The first-order valence-electron chi connectivity index (χ1n) is 9.74. The maximum absolute atomic E-state index is 12.0. The number of amides is 1. The molecule has 0 radical (unpaired) electrons. The number of rotatable bonds is 11. The molecule has 1 unspecified atom stereocenters. The fourth-order valence-corrected chi connectivity index (χ4v) is 2.76. The van der Waals surface area contributed by atoms with Crippen LogP contribution in [-0.2, 0) is 20.8 Å². The monoisotopic (exact) mass is 392 g/mol. The second kappa shape index (κ2) is 13.0. The van der Waals surface area contributed by atoms with E-state index >= 15 is 0 Å². The SMILES string of the molecule is CN=C(NCCCOCC1CCCO1)NCC(=O)NCc1ccc(OC)cc1. The molecule has 8 heteroatoms. The molecular weight excluding hydrogens is 360 g/mol. The Hall–Kier alpha value is -2.32. The molecule has 28 heavy (non-hydrogen) atoms. The maximum atomic E-state index is 12.0. The Bertz CT molecular complexity index is 601. The van der Waals surface area contributed by atoms with E-state index in [1.54, 1.807) is 14.2 Å². The smallest absolute Gasteiger partial charge is 0.239 e. The number of carbonyl (C=O) groups is 1. The van der Waals surface area contributed by atoms with Crippen LogP contribution in [0.15, 0.2) is 29.3 Å². The molecule has 1 fully saturated rings. The van der Waals surface area contributed by atoms with Crippen molar-refractivity contribution in [3.8, 4) is 5.75 Å². The first kappa shape index (κ1) is 22.0. The summed E-state index contributed by atoms with van der Waals surface area (Å²) in [6, 6.07) is 7.59. The third-order valence-corrected chi connectivity index (χ3v) is 4.37. The number of methoxy groups -OCH3 is 1. The molecule has 1 saturated heterocycles. The van der Waals surface area contributed by atoms with Gasteiger partial charge in [-0.2, -0.15) is 0 Å². The molecule has 1 aromatic rings. The van der Waals surface area contributed by atoms with E-state index in [1.165, 1.54) is 0 Å². The van der Waals surface area contributed by atoms with Crippen LogP contribution in [0.3, 0.4) is 0 Å². The second-order valence-electron chi connectivity index (χ2n) is 6.54. The summed E-state index contributed by atoms with van der Waals surface area (Å²) in [5.41, 5.74) is 1.01. The number of nitrogens with one attached hydrogen (secondary N) is 3. The summed E-state index contributed by atoms with van der Waals surface area (Å²) in [5.74, 6) is 1.29. The van der Waals surface area contributed by atoms with Crippen molar-refractivity contribution in [2.45, 2.75) is 31.9 Å². The number of hydrogen-bond acceptors (Lipinski definition) is 5. The van der Waals surface area contributed by atoms with Gasteiger partial charge in [0, 0.05) is 33.4 Å². The number of guanidine groups is 1. The number of hydrogen-bond donors (Lipinski definition) is 3. The van der Waals surface area contributed by atoms with Crippen LogP contribution in [0, 0.1) is 0 Å². The molecule has 3 N–H and O–H groups in total. The van der Waals surface area contributed by atoms with Gasteiger partial charge >= 0.3 is 0 Å². The van der Waals surface area contributed by atoms with Gasteiger partial charge < -0.3 is 30.2 Å². The molecular formula is C20H32N4O4. The van der Waals surface area contributed by atoms with Crippen molar-refractivity contribution in [2.24, 2.45) is 4.99 Å². The van der Waals surface area contributed by atoms with E-state index in [9.17, 15) is 4.79 Å². The minimum atomic E-state index is -0.0985. The quantitative estimate of drug-likeness (QED) is 0.296. The highest BCUT2D eigenvalue weighted by Gasteiger charge is 2.14. The number of carbonyl (C=O) groups excluding carboxylic acids is 1. The van der Waals surface area contributed by atoms with Crippen molar-refractivity contribution in [1.82, 2.24) is 16.0 Å². The molecule has 2 rings (SSSR count). The molecule has 0 bridgehead atoms. The van der Waals surface area contributed by atoms with Crippen LogP contribution in [0.1, 0.15) is 24.8 Å². The van der Waals surface area contributed by atoms with Gasteiger partial charge in [-0.05, 0) is 37.0 Å². The molecule has 0 aliphatic carbocycles. The fourth-order valence-electron chi connectivity index (χ4n) is 2.76. The zero-order chi connectivity index (χ0) is 20.0. The van der Waals surface area contributed by atoms with Crippen molar-refractivity contribution in [2.75, 3.05) is 47.1 Å². The Morgan fingerprint density at radius 2 is 2.07 bits per heavy atom. The number of aliphatic imine (C=N–C) groups is 1. The van der Waals surface area contributed by atoms with Crippen molar-refractivity contribution in [3.63, 3.8) is 0 Å². The predicted octanol–water partition coefficient (Wildman–Crippen LogP) is 1.06. The average Bonchev–Trinajstić information content (AvgIpc) is 3.25. The predicted molar refractivity (Wildman–Crippen MR) is 109 cm³/mol. The van der Waals surface area contributed by atoms with Crippen LogP contribution >= 0.6 is 0 Å². The first-order chi connectivity index (χ1) is 13.7. The Morgan fingerprint density at radius 3 is 2.75 bits per heavy atom. The van der Waals surface area contributed by atoms with Gasteiger partial charge in [-0.3, -0.25) is 9.79 Å². The van der Waals surface area contributed by atoms with Crippen molar-refractivity contribution < 1.29 is 19.0 Å². The van der Waals surface area contributed by atoms with E-state index in [1.807, 2.05) is 24.3 Å². The summed E-state index contributed by atoms with van der Waals surface area (Å²) in [7, 11) is 3.31. The highest BCUT2D eigenvalue weighted by atomic mass is 16.5. The molecule has 1 heterocycles. The normalized spacial score (nSPS) is 16.6. The van der Waals surface area contributed by atoms with Crippen LogP contribution in [0.2, 0.25) is 0 Å². The summed E-state index contributed by atoms with van der Waals surface area (Å²) in [6.07, 6.45) is 3.34. The zero-order valence-corrected chi connectivity index (χ0v) is 16.8.